The van der Waals surface area contributed by atoms with Crippen LogP contribution in [0.25, 0.3) is 5.57 Å². The van der Waals surface area contributed by atoms with Crippen LogP contribution in [0.4, 0.5) is 5.69 Å². The van der Waals surface area contributed by atoms with E-state index in [-0.39, 0.29) is 0 Å². The fourth-order valence-electron chi connectivity index (χ4n) is 2.72. The first-order chi connectivity index (χ1) is 12.7. The zero-order valence-electron chi connectivity index (χ0n) is 14.9. The van der Waals surface area contributed by atoms with Gasteiger partial charge in [0.05, 0.1) is 12.0 Å². The van der Waals surface area contributed by atoms with Crippen molar-refractivity contribution in [2.45, 2.75) is 6.92 Å². The van der Waals surface area contributed by atoms with Crippen LogP contribution in [-0.4, -0.2) is 12.0 Å². The molecular formula is C23H21NOS. The lowest BCUT2D eigenvalue weighted by Crippen LogP contribution is -2.04. The minimum atomic E-state index is 0.815. The molecule has 0 saturated carbocycles. The van der Waals surface area contributed by atoms with Crippen LogP contribution >= 0.6 is 12.2 Å². The second kappa shape index (κ2) is 8.45. The van der Waals surface area contributed by atoms with Crippen LogP contribution in [0.2, 0.25) is 0 Å². The number of ether oxygens (including phenoxy) is 1. The Morgan fingerprint density at radius 2 is 1.50 bits per heavy atom. The van der Waals surface area contributed by atoms with Crippen LogP contribution in [-0.2, 0) is 0 Å². The Bertz CT molecular complexity index is 917. The summed E-state index contributed by atoms with van der Waals surface area (Å²) in [5.41, 5.74) is 5.24. The molecule has 0 aromatic heterocycles. The Kier molecular flexibility index (Phi) is 5.82. The smallest absolute Gasteiger partial charge is 0.119 e. The highest BCUT2D eigenvalue weighted by Crippen LogP contribution is 2.24. The summed E-state index contributed by atoms with van der Waals surface area (Å²) in [4.78, 5) is 0.815. The van der Waals surface area contributed by atoms with Crippen molar-refractivity contribution >= 4 is 28.3 Å². The molecule has 3 heteroatoms. The van der Waals surface area contributed by atoms with Gasteiger partial charge in [-0.2, -0.15) is 0 Å². The predicted octanol–water partition coefficient (Wildman–Crippen LogP) is 5.87. The lowest BCUT2D eigenvalue weighted by Gasteiger charge is -2.13. The monoisotopic (exact) mass is 359 g/mol. The summed E-state index contributed by atoms with van der Waals surface area (Å²) in [5.74, 6) is 0.847. The molecule has 0 fully saturated rings. The predicted molar refractivity (Wildman–Crippen MR) is 114 cm³/mol. The van der Waals surface area contributed by atoms with Crippen LogP contribution in [0.15, 0.2) is 85.1 Å². The van der Waals surface area contributed by atoms with Crippen LogP contribution in [0.3, 0.4) is 0 Å². The average molecular weight is 359 g/mol. The second-order valence-corrected chi connectivity index (χ2v) is 6.35. The normalized spacial score (nSPS) is 11.1. The molecule has 3 aromatic carbocycles. The largest absolute Gasteiger partial charge is 0.497 e. The fourth-order valence-corrected chi connectivity index (χ4v) is 3.03. The number of rotatable bonds is 6. The van der Waals surface area contributed by atoms with Crippen LogP contribution in [0.1, 0.15) is 16.7 Å². The highest BCUT2D eigenvalue weighted by atomic mass is 32.1. The molecule has 0 saturated heterocycles. The molecule has 0 amide bonds. The lowest BCUT2D eigenvalue weighted by molar-refractivity contribution is 0.414. The number of methoxy groups -OCH3 is 1. The van der Waals surface area contributed by atoms with Crippen molar-refractivity contribution in [1.82, 2.24) is 0 Å². The van der Waals surface area contributed by atoms with Crippen LogP contribution < -0.4 is 10.1 Å². The van der Waals surface area contributed by atoms with Crippen molar-refractivity contribution in [2.75, 3.05) is 12.4 Å². The Morgan fingerprint density at radius 3 is 2.08 bits per heavy atom. The van der Waals surface area contributed by atoms with Gasteiger partial charge in [-0.25, -0.2) is 0 Å². The molecule has 3 aromatic rings. The number of anilines is 1. The maximum absolute atomic E-state index is 5.78. The molecule has 0 unspecified atom stereocenters. The van der Waals surface area contributed by atoms with Crippen LogP contribution in [0.5, 0.6) is 5.75 Å². The van der Waals surface area contributed by atoms with Gasteiger partial charge in [0, 0.05) is 17.5 Å². The summed E-state index contributed by atoms with van der Waals surface area (Å²) in [6.45, 7) is 2.05. The van der Waals surface area contributed by atoms with Gasteiger partial charge in [-0.3, -0.25) is 0 Å². The zero-order valence-corrected chi connectivity index (χ0v) is 15.7. The summed E-state index contributed by atoms with van der Waals surface area (Å²) < 4.78 is 5.28. The topological polar surface area (TPSA) is 21.3 Å². The van der Waals surface area contributed by atoms with E-state index in [2.05, 4.69) is 24.4 Å². The molecule has 130 valence electrons. The first-order valence-electron chi connectivity index (χ1n) is 8.45. The number of hydrogen-bond acceptors (Lipinski definition) is 3. The van der Waals surface area contributed by atoms with Gasteiger partial charge in [-0.05, 0) is 41.8 Å². The van der Waals surface area contributed by atoms with Gasteiger partial charge in [0.25, 0.3) is 0 Å². The maximum atomic E-state index is 5.78. The number of hydrogen-bond donors (Lipinski definition) is 1. The number of benzene rings is 3. The molecule has 0 bridgehead atoms. The van der Waals surface area contributed by atoms with Gasteiger partial charge < -0.3 is 10.1 Å². The molecule has 0 aliphatic carbocycles. The number of thiocarbonyl (C=S) groups is 1. The van der Waals surface area contributed by atoms with Gasteiger partial charge in [-0.1, -0.05) is 72.9 Å². The zero-order chi connectivity index (χ0) is 18.4. The molecule has 2 nitrogen and oxygen atoms in total. The number of allylic oxidation sites excluding steroid dienone is 1. The van der Waals surface area contributed by atoms with Gasteiger partial charge in [0.1, 0.15) is 5.75 Å². The van der Waals surface area contributed by atoms with Crippen molar-refractivity contribution in [1.29, 1.82) is 0 Å². The number of aryl methyl sites for hydroxylation is 1. The Hall–Kier alpha value is -2.91. The van der Waals surface area contributed by atoms with Gasteiger partial charge in [0.2, 0.25) is 0 Å². The summed E-state index contributed by atoms with van der Waals surface area (Å²) in [6, 6.07) is 26.3. The first kappa shape index (κ1) is 17.9. The van der Waals surface area contributed by atoms with Crippen molar-refractivity contribution in [3.63, 3.8) is 0 Å². The van der Waals surface area contributed by atoms with E-state index in [4.69, 9.17) is 17.0 Å². The molecular weight excluding hydrogens is 338 g/mol. The molecule has 0 heterocycles. The van der Waals surface area contributed by atoms with Gasteiger partial charge in [0.15, 0.2) is 0 Å². The quantitative estimate of drug-likeness (QED) is 0.338. The van der Waals surface area contributed by atoms with Crippen molar-refractivity contribution in [3.05, 3.63) is 102 Å². The highest BCUT2D eigenvalue weighted by Gasteiger charge is 2.10. The van der Waals surface area contributed by atoms with Crippen LogP contribution in [0, 0.1) is 6.92 Å². The molecule has 0 aliphatic rings. The summed E-state index contributed by atoms with van der Waals surface area (Å²) in [5, 5.41) is 3.41. The van der Waals surface area contributed by atoms with Crippen molar-refractivity contribution in [3.8, 4) is 5.75 Å². The third kappa shape index (κ3) is 4.19. The molecule has 0 aliphatic heterocycles. The van der Waals surface area contributed by atoms with E-state index in [0.29, 0.717) is 0 Å². The van der Waals surface area contributed by atoms with Crippen molar-refractivity contribution in [2.24, 2.45) is 0 Å². The summed E-state index contributed by atoms with van der Waals surface area (Å²) in [6.07, 6.45) is 1.99. The molecule has 3 rings (SSSR count). The van der Waals surface area contributed by atoms with Crippen molar-refractivity contribution < 1.29 is 4.74 Å². The Morgan fingerprint density at radius 1 is 0.885 bits per heavy atom. The van der Waals surface area contributed by atoms with Gasteiger partial charge in [-0.15, -0.1) is 0 Å². The van der Waals surface area contributed by atoms with E-state index in [1.165, 1.54) is 0 Å². The third-order valence-electron chi connectivity index (χ3n) is 4.17. The molecule has 1 N–H and O–H groups in total. The van der Waals surface area contributed by atoms with E-state index in [1.807, 2.05) is 72.9 Å². The van der Waals surface area contributed by atoms with Gasteiger partial charge >= 0.3 is 0 Å². The number of nitrogens with one attached hydrogen (secondary N) is 1. The third-order valence-corrected chi connectivity index (χ3v) is 4.63. The van der Waals surface area contributed by atoms with E-state index in [0.717, 1.165) is 38.6 Å². The van der Waals surface area contributed by atoms with E-state index < -0.39 is 0 Å². The molecule has 0 spiro atoms. The van der Waals surface area contributed by atoms with E-state index >= 15 is 0 Å². The average Bonchev–Trinajstić information content (AvgIpc) is 2.70. The molecule has 0 radical (unpaired) electrons. The second-order valence-electron chi connectivity index (χ2n) is 5.94. The first-order valence-corrected chi connectivity index (χ1v) is 8.86. The minimum Gasteiger partial charge on any atom is -0.497 e. The van der Waals surface area contributed by atoms with E-state index in [1.54, 1.807) is 7.11 Å². The highest BCUT2D eigenvalue weighted by molar-refractivity contribution is 7.81. The Balaban J connectivity index is 1.96. The lowest BCUT2D eigenvalue weighted by atomic mass is 9.98. The molecule has 26 heavy (non-hydrogen) atoms. The summed E-state index contributed by atoms with van der Waals surface area (Å²) in [7, 11) is 1.67. The maximum Gasteiger partial charge on any atom is 0.119 e. The summed E-state index contributed by atoms with van der Waals surface area (Å²) >= 11 is 5.78. The van der Waals surface area contributed by atoms with E-state index in [9.17, 15) is 0 Å². The Labute approximate surface area is 160 Å². The SMILES string of the molecule is COc1ccc(N/C=C(\C(=S)c2ccccc2)c2ccccc2)c(C)c1. The molecule has 0 atom stereocenters. The standard InChI is InChI=1S/C23H21NOS/c1-17-15-20(25-2)13-14-22(17)24-16-21(18-9-5-3-6-10-18)23(26)19-11-7-4-8-12-19/h3-16,24H,1-2H3/b21-16-. The minimum absolute atomic E-state index is 0.815. The fraction of sp³-hybridized carbons (Fsp3) is 0.0870.